The molecule has 0 aliphatic carbocycles. The van der Waals surface area contributed by atoms with Crippen molar-refractivity contribution in [1.29, 1.82) is 0 Å². The van der Waals surface area contributed by atoms with E-state index in [2.05, 4.69) is 4.90 Å². The minimum Gasteiger partial charge on any atom is -0.486 e. The lowest BCUT2D eigenvalue weighted by Crippen LogP contribution is -2.51. The van der Waals surface area contributed by atoms with Gasteiger partial charge in [-0.3, -0.25) is 19.3 Å². The van der Waals surface area contributed by atoms with Crippen molar-refractivity contribution in [2.24, 2.45) is 0 Å². The molecule has 0 aromatic heterocycles. The molecule has 0 bridgehead atoms. The highest BCUT2D eigenvalue weighted by molar-refractivity contribution is 8.18. The average Bonchev–Trinajstić information content (AvgIpc) is 3.22. The Hall–Kier alpha value is -2.88. The number of thioether (sulfide) groups is 1. The fourth-order valence-electron chi connectivity index (χ4n) is 4.46. The first-order valence-corrected chi connectivity index (χ1v) is 14.9. The number of carbonyl (C=O) groups is 3. The van der Waals surface area contributed by atoms with E-state index >= 15 is 0 Å². The molecule has 12 heteroatoms. The fourth-order valence-corrected chi connectivity index (χ4v) is 6.23. The zero-order valence-corrected chi connectivity index (χ0v) is 25.3. The van der Waals surface area contributed by atoms with Crippen LogP contribution in [-0.4, -0.2) is 59.6 Å². The Kier molecular flexibility index (Phi) is 9.36. The highest BCUT2D eigenvalue weighted by Crippen LogP contribution is 2.38. The van der Waals surface area contributed by atoms with Crippen molar-refractivity contribution in [3.05, 3.63) is 96.8 Å². The number of piperazine rings is 1. The van der Waals surface area contributed by atoms with Crippen LogP contribution >= 0.6 is 58.2 Å². The van der Waals surface area contributed by atoms with Gasteiger partial charge in [0.25, 0.3) is 11.1 Å². The average molecular weight is 651 g/mol. The molecule has 41 heavy (non-hydrogen) atoms. The molecule has 2 fully saturated rings. The van der Waals surface area contributed by atoms with E-state index in [1.54, 1.807) is 35.2 Å². The van der Waals surface area contributed by atoms with Crippen LogP contribution in [0.2, 0.25) is 20.1 Å². The summed E-state index contributed by atoms with van der Waals surface area (Å²) in [6, 6.07) is 18.3. The summed E-state index contributed by atoms with van der Waals surface area (Å²) in [5, 5.41) is 0.796. The first-order chi connectivity index (χ1) is 19.7. The van der Waals surface area contributed by atoms with Crippen LogP contribution in [-0.2, 0) is 16.2 Å². The Balaban J connectivity index is 1.20. The predicted molar refractivity (Wildman–Crippen MR) is 165 cm³/mol. The molecule has 2 aliphatic rings. The van der Waals surface area contributed by atoms with Crippen LogP contribution in [0.3, 0.4) is 0 Å². The third kappa shape index (κ3) is 6.96. The molecular weight excluding hydrogens is 628 g/mol. The number of anilines is 1. The fraction of sp³-hybridized carbons (Fsp3) is 0.207. The Morgan fingerprint density at radius 2 is 1.54 bits per heavy atom. The molecule has 3 aromatic carbocycles. The highest BCUT2D eigenvalue weighted by atomic mass is 35.5. The number of imide groups is 1. The molecule has 0 atom stereocenters. The zero-order valence-electron chi connectivity index (χ0n) is 21.5. The zero-order chi connectivity index (χ0) is 29.1. The van der Waals surface area contributed by atoms with Gasteiger partial charge in [-0.15, -0.1) is 0 Å². The van der Waals surface area contributed by atoms with Crippen LogP contribution < -0.4 is 9.64 Å². The largest absolute Gasteiger partial charge is 0.486 e. The summed E-state index contributed by atoms with van der Waals surface area (Å²) in [6.07, 6.45) is 1.52. The van der Waals surface area contributed by atoms with Crippen molar-refractivity contribution in [1.82, 2.24) is 9.80 Å². The first-order valence-electron chi connectivity index (χ1n) is 12.6. The van der Waals surface area contributed by atoms with E-state index in [1.165, 1.54) is 6.08 Å². The minimum absolute atomic E-state index is 0.157. The molecule has 5 rings (SSSR count). The van der Waals surface area contributed by atoms with Crippen molar-refractivity contribution in [2.45, 2.75) is 6.61 Å². The second-order valence-corrected chi connectivity index (χ2v) is 11.9. The number of ether oxygens (including phenoxy) is 1. The number of hydrogen-bond donors (Lipinski definition) is 0. The molecule has 7 nitrogen and oxygen atoms in total. The van der Waals surface area contributed by atoms with Crippen molar-refractivity contribution in [2.75, 3.05) is 37.6 Å². The molecule has 2 saturated heterocycles. The van der Waals surface area contributed by atoms with Gasteiger partial charge >= 0.3 is 0 Å². The minimum atomic E-state index is -0.538. The molecule has 2 aliphatic heterocycles. The Morgan fingerprint density at radius 1 is 0.854 bits per heavy atom. The standard InChI is InChI=1S/C29H23Cl4N3O4S/c30-21-7-6-18(12-22(21)31)17-40-27-23(32)13-19(14-24(27)33)15-25-28(38)36(29(39)41-25)16-26(37)35-10-8-34(9-11-35)20-4-2-1-3-5-20/h1-7,12-15H,8-11,16-17H2/b25-15+. The Morgan fingerprint density at radius 3 is 2.20 bits per heavy atom. The smallest absolute Gasteiger partial charge is 0.294 e. The number of amides is 3. The van der Waals surface area contributed by atoms with Crippen molar-refractivity contribution in [3.63, 3.8) is 0 Å². The monoisotopic (exact) mass is 649 g/mol. The SMILES string of the molecule is O=C(CN1C(=O)S/C(=C/c2cc(Cl)c(OCc3ccc(Cl)c(Cl)c3)c(Cl)c2)C1=O)N1CCN(c2ccccc2)CC1. The summed E-state index contributed by atoms with van der Waals surface area (Å²) in [5.41, 5.74) is 2.38. The second-order valence-electron chi connectivity index (χ2n) is 9.32. The van der Waals surface area contributed by atoms with Gasteiger partial charge in [-0.25, -0.2) is 0 Å². The molecule has 0 spiro atoms. The lowest BCUT2D eigenvalue weighted by atomic mass is 10.2. The van der Waals surface area contributed by atoms with Gasteiger partial charge in [0.15, 0.2) is 5.75 Å². The van der Waals surface area contributed by atoms with Gasteiger partial charge in [-0.2, -0.15) is 0 Å². The highest BCUT2D eigenvalue weighted by Gasteiger charge is 2.37. The van der Waals surface area contributed by atoms with Crippen molar-refractivity contribution in [3.8, 4) is 5.75 Å². The maximum absolute atomic E-state index is 13.0. The number of benzene rings is 3. The van der Waals surface area contributed by atoms with E-state index in [1.807, 2.05) is 30.3 Å². The van der Waals surface area contributed by atoms with E-state index in [9.17, 15) is 14.4 Å². The number of para-hydroxylation sites is 1. The summed E-state index contributed by atoms with van der Waals surface area (Å²) in [6.45, 7) is 2.21. The number of nitrogens with zero attached hydrogens (tertiary/aromatic N) is 3. The summed E-state index contributed by atoms with van der Waals surface area (Å²) < 4.78 is 5.80. The van der Waals surface area contributed by atoms with Crippen molar-refractivity contribution >= 4 is 87.0 Å². The van der Waals surface area contributed by atoms with Gasteiger partial charge in [-0.05, 0) is 65.4 Å². The summed E-state index contributed by atoms with van der Waals surface area (Å²) in [7, 11) is 0. The number of rotatable bonds is 7. The predicted octanol–water partition coefficient (Wildman–Crippen LogP) is 7.26. The topological polar surface area (TPSA) is 70.2 Å². The van der Waals surface area contributed by atoms with Gasteiger partial charge in [0.05, 0.1) is 25.0 Å². The maximum Gasteiger partial charge on any atom is 0.294 e. The van der Waals surface area contributed by atoms with Gasteiger partial charge < -0.3 is 14.5 Å². The van der Waals surface area contributed by atoms with Crippen LogP contribution in [0.4, 0.5) is 10.5 Å². The lowest BCUT2D eigenvalue weighted by molar-refractivity contribution is -0.136. The third-order valence-electron chi connectivity index (χ3n) is 6.61. The molecule has 0 N–H and O–H groups in total. The van der Waals surface area contributed by atoms with Crippen molar-refractivity contribution < 1.29 is 19.1 Å². The number of halogens is 4. The Bertz CT molecular complexity index is 1500. The van der Waals surface area contributed by atoms with Gasteiger partial charge in [-0.1, -0.05) is 70.7 Å². The quantitative estimate of drug-likeness (QED) is 0.251. The maximum atomic E-state index is 13.0. The lowest BCUT2D eigenvalue weighted by Gasteiger charge is -2.36. The first kappa shape index (κ1) is 29.6. The van der Waals surface area contributed by atoms with Crippen LogP contribution in [0.15, 0.2) is 65.6 Å². The molecule has 0 saturated carbocycles. The molecule has 212 valence electrons. The molecule has 3 amide bonds. The van der Waals surface area contributed by atoms with Gasteiger partial charge in [0, 0.05) is 31.9 Å². The molecular formula is C29H23Cl4N3O4S. The molecule has 0 unspecified atom stereocenters. The van der Waals surface area contributed by atoms with E-state index in [4.69, 9.17) is 51.1 Å². The van der Waals surface area contributed by atoms with E-state index < -0.39 is 11.1 Å². The summed E-state index contributed by atoms with van der Waals surface area (Å²) in [4.78, 5) is 43.7. The summed E-state index contributed by atoms with van der Waals surface area (Å²) >= 11 is 25.6. The van der Waals surface area contributed by atoms with E-state index in [0.29, 0.717) is 41.8 Å². The third-order valence-corrected chi connectivity index (χ3v) is 8.81. The number of carbonyl (C=O) groups excluding carboxylic acids is 3. The number of hydrogen-bond acceptors (Lipinski definition) is 6. The molecule has 0 radical (unpaired) electrons. The van der Waals surface area contributed by atoms with Crippen LogP contribution in [0.5, 0.6) is 5.75 Å². The van der Waals surface area contributed by atoms with Crippen LogP contribution in [0.1, 0.15) is 11.1 Å². The van der Waals surface area contributed by atoms with Crippen LogP contribution in [0, 0.1) is 0 Å². The Labute approximate surface area is 261 Å². The van der Waals surface area contributed by atoms with Gasteiger partial charge in [0.2, 0.25) is 5.91 Å². The van der Waals surface area contributed by atoms with E-state index in [0.717, 1.165) is 27.9 Å². The molecule has 3 aromatic rings. The summed E-state index contributed by atoms with van der Waals surface area (Å²) in [5.74, 6) is -0.540. The molecule has 2 heterocycles. The van der Waals surface area contributed by atoms with Gasteiger partial charge in [0.1, 0.15) is 13.2 Å². The second kappa shape index (κ2) is 13.0. The normalized spacial score (nSPS) is 16.6. The van der Waals surface area contributed by atoms with Crippen LogP contribution in [0.25, 0.3) is 6.08 Å². The van der Waals surface area contributed by atoms with E-state index in [-0.39, 0.29) is 39.8 Å².